The van der Waals surface area contributed by atoms with Crippen molar-refractivity contribution in [3.63, 3.8) is 0 Å². The van der Waals surface area contributed by atoms with E-state index in [1.54, 1.807) is 18.2 Å². The van der Waals surface area contributed by atoms with Gasteiger partial charge in [0, 0.05) is 11.6 Å². The van der Waals surface area contributed by atoms with E-state index in [1.165, 1.54) is 12.1 Å². The van der Waals surface area contributed by atoms with Crippen molar-refractivity contribution >= 4 is 21.4 Å². The zero-order valence-corrected chi connectivity index (χ0v) is 12.1. The van der Waals surface area contributed by atoms with Crippen LogP contribution in [0.2, 0.25) is 5.02 Å². The lowest BCUT2D eigenvalue weighted by Crippen LogP contribution is -2.06. The molecule has 0 spiro atoms. The fraction of sp³-hybridized carbons (Fsp3) is 0.143. The molecule has 20 heavy (non-hydrogen) atoms. The minimum absolute atomic E-state index is 0.0675. The van der Waals surface area contributed by atoms with Crippen molar-refractivity contribution in [3.05, 3.63) is 64.4 Å². The van der Waals surface area contributed by atoms with Crippen LogP contribution >= 0.6 is 11.6 Å². The van der Waals surface area contributed by atoms with Gasteiger partial charge in [-0.2, -0.15) is 0 Å². The molecule has 106 valence electrons. The summed E-state index contributed by atoms with van der Waals surface area (Å²) in [5.41, 5.74) is 6.81. The third-order valence-corrected chi connectivity index (χ3v) is 4.90. The first-order chi connectivity index (χ1) is 9.42. The van der Waals surface area contributed by atoms with Crippen molar-refractivity contribution in [3.8, 4) is 0 Å². The Morgan fingerprint density at radius 3 is 2.30 bits per heavy atom. The quantitative estimate of drug-likeness (QED) is 0.883. The summed E-state index contributed by atoms with van der Waals surface area (Å²) < 4.78 is 37.2. The smallest absolute Gasteiger partial charge is 0.182 e. The summed E-state index contributed by atoms with van der Waals surface area (Å²) in [4.78, 5) is 0.0675. The molecule has 0 aliphatic carbocycles. The second kappa shape index (κ2) is 5.91. The Bertz CT molecular complexity index is 714. The van der Waals surface area contributed by atoms with E-state index in [4.69, 9.17) is 17.3 Å². The molecule has 0 saturated carbocycles. The van der Waals surface area contributed by atoms with E-state index in [0.717, 1.165) is 17.7 Å². The van der Waals surface area contributed by atoms with E-state index in [0.29, 0.717) is 17.1 Å². The standard InChI is InChI=1S/C14H13ClFNO2S/c15-14-7-10(8-17)1-2-11(14)9-20(18,19)13-5-3-12(16)4-6-13/h1-7H,8-9,17H2. The van der Waals surface area contributed by atoms with E-state index < -0.39 is 15.7 Å². The SMILES string of the molecule is NCc1ccc(CS(=O)(=O)c2ccc(F)cc2)c(Cl)c1. The maximum Gasteiger partial charge on any atom is 0.182 e. The lowest BCUT2D eigenvalue weighted by molar-refractivity contribution is 0.594. The van der Waals surface area contributed by atoms with Gasteiger partial charge in [0.05, 0.1) is 10.6 Å². The fourth-order valence-corrected chi connectivity index (χ4v) is 3.49. The Labute approximate surface area is 122 Å². The molecule has 0 atom stereocenters. The Hall–Kier alpha value is -1.43. The summed E-state index contributed by atoms with van der Waals surface area (Å²) in [5, 5.41) is 0.360. The highest BCUT2D eigenvalue weighted by Gasteiger charge is 2.17. The molecule has 0 unspecified atom stereocenters. The highest BCUT2D eigenvalue weighted by Crippen LogP contribution is 2.23. The zero-order valence-electron chi connectivity index (χ0n) is 10.5. The van der Waals surface area contributed by atoms with Crippen LogP contribution in [0.25, 0.3) is 0 Å². The van der Waals surface area contributed by atoms with Crippen LogP contribution in [-0.2, 0) is 22.1 Å². The van der Waals surface area contributed by atoms with Crippen molar-refractivity contribution < 1.29 is 12.8 Å². The average molecular weight is 314 g/mol. The number of halogens is 2. The highest BCUT2D eigenvalue weighted by molar-refractivity contribution is 7.90. The minimum atomic E-state index is -3.55. The van der Waals surface area contributed by atoms with Gasteiger partial charge in [-0.1, -0.05) is 23.7 Å². The number of sulfone groups is 1. The maximum atomic E-state index is 12.8. The van der Waals surface area contributed by atoms with Crippen LogP contribution in [0.1, 0.15) is 11.1 Å². The van der Waals surface area contributed by atoms with E-state index in [9.17, 15) is 12.8 Å². The molecule has 0 aromatic heterocycles. The molecule has 2 aromatic carbocycles. The molecular weight excluding hydrogens is 301 g/mol. The first-order valence-electron chi connectivity index (χ1n) is 5.88. The number of rotatable bonds is 4. The predicted octanol–water partition coefficient (Wildman–Crippen LogP) is 2.91. The Balaban J connectivity index is 2.31. The van der Waals surface area contributed by atoms with Gasteiger partial charge in [-0.25, -0.2) is 12.8 Å². The minimum Gasteiger partial charge on any atom is -0.326 e. The summed E-state index contributed by atoms with van der Waals surface area (Å²) in [6.07, 6.45) is 0. The van der Waals surface area contributed by atoms with Crippen LogP contribution in [0.5, 0.6) is 0 Å². The van der Waals surface area contributed by atoms with Crippen molar-refractivity contribution in [2.45, 2.75) is 17.2 Å². The third-order valence-electron chi connectivity index (χ3n) is 2.87. The zero-order chi connectivity index (χ0) is 14.8. The third kappa shape index (κ3) is 3.36. The van der Waals surface area contributed by atoms with Crippen LogP contribution in [0.4, 0.5) is 4.39 Å². The van der Waals surface area contributed by atoms with Gasteiger partial charge in [0.2, 0.25) is 0 Å². The first kappa shape index (κ1) is 15.0. The predicted molar refractivity (Wildman–Crippen MR) is 76.6 cm³/mol. The monoisotopic (exact) mass is 313 g/mol. The molecule has 3 nitrogen and oxygen atoms in total. The Morgan fingerprint density at radius 1 is 1.10 bits per heavy atom. The number of benzene rings is 2. The Morgan fingerprint density at radius 2 is 1.75 bits per heavy atom. The molecule has 0 aliphatic heterocycles. The van der Waals surface area contributed by atoms with Crippen molar-refractivity contribution in [2.75, 3.05) is 0 Å². The molecule has 2 N–H and O–H groups in total. The van der Waals surface area contributed by atoms with Gasteiger partial charge in [0.1, 0.15) is 5.82 Å². The normalized spacial score (nSPS) is 11.6. The second-order valence-corrected chi connectivity index (χ2v) is 6.74. The van der Waals surface area contributed by atoms with Gasteiger partial charge in [-0.3, -0.25) is 0 Å². The van der Waals surface area contributed by atoms with Crippen LogP contribution in [0.15, 0.2) is 47.4 Å². The molecule has 2 aromatic rings. The summed E-state index contributed by atoms with van der Waals surface area (Å²) in [6, 6.07) is 9.75. The summed E-state index contributed by atoms with van der Waals surface area (Å²) >= 11 is 6.05. The first-order valence-corrected chi connectivity index (χ1v) is 7.91. The molecule has 0 aliphatic rings. The van der Waals surface area contributed by atoms with Crippen molar-refractivity contribution in [1.82, 2.24) is 0 Å². The number of hydrogen-bond acceptors (Lipinski definition) is 3. The van der Waals surface area contributed by atoms with E-state index in [2.05, 4.69) is 0 Å². The van der Waals surface area contributed by atoms with Gasteiger partial charge >= 0.3 is 0 Å². The van der Waals surface area contributed by atoms with Crippen LogP contribution in [-0.4, -0.2) is 8.42 Å². The van der Waals surface area contributed by atoms with Gasteiger partial charge in [0.15, 0.2) is 9.84 Å². The van der Waals surface area contributed by atoms with Gasteiger partial charge in [-0.05, 0) is 41.5 Å². The lowest BCUT2D eigenvalue weighted by Gasteiger charge is -2.08. The molecule has 0 heterocycles. The average Bonchev–Trinajstić information content (AvgIpc) is 2.41. The second-order valence-electron chi connectivity index (χ2n) is 4.34. The molecule has 2 rings (SSSR count). The van der Waals surface area contributed by atoms with E-state index in [-0.39, 0.29) is 10.6 Å². The molecular formula is C14H13ClFNO2S. The molecule has 6 heteroatoms. The van der Waals surface area contributed by atoms with Crippen molar-refractivity contribution in [1.29, 1.82) is 0 Å². The number of hydrogen-bond donors (Lipinski definition) is 1. The van der Waals surface area contributed by atoms with Gasteiger partial charge < -0.3 is 5.73 Å². The lowest BCUT2D eigenvalue weighted by atomic mass is 10.1. The molecule has 0 radical (unpaired) electrons. The molecule has 0 saturated heterocycles. The largest absolute Gasteiger partial charge is 0.326 e. The maximum absolute atomic E-state index is 12.8. The van der Waals surface area contributed by atoms with Crippen molar-refractivity contribution in [2.24, 2.45) is 5.73 Å². The molecule has 0 bridgehead atoms. The highest BCUT2D eigenvalue weighted by atomic mass is 35.5. The summed E-state index contributed by atoms with van der Waals surface area (Å²) in [5.74, 6) is -0.711. The fourth-order valence-electron chi connectivity index (χ4n) is 1.76. The molecule has 0 amide bonds. The Kier molecular flexibility index (Phi) is 4.42. The summed E-state index contributed by atoms with van der Waals surface area (Å²) in [6.45, 7) is 0.338. The van der Waals surface area contributed by atoms with E-state index in [1.807, 2.05) is 0 Å². The van der Waals surface area contributed by atoms with E-state index >= 15 is 0 Å². The molecule has 0 fully saturated rings. The van der Waals surface area contributed by atoms with Crippen LogP contribution in [0.3, 0.4) is 0 Å². The van der Waals surface area contributed by atoms with Gasteiger partial charge in [0.25, 0.3) is 0 Å². The van der Waals surface area contributed by atoms with Crippen LogP contribution < -0.4 is 5.73 Å². The summed E-state index contributed by atoms with van der Waals surface area (Å²) in [7, 11) is -3.55. The van der Waals surface area contributed by atoms with Gasteiger partial charge in [-0.15, -0.1) is 0 Å². The topological polar surface area (TPSA) is 60.2 Å². The van der Waals surface area contributed by atoms with Crippen LogP contribution in [0, 0.1) is 5.82 Å². The number of nitrogens with two attached hydrogens (primary N) is 1.